The molecule has 0 unspecified atom stereocenters. The van der Waals surface area contributed by atoms with Gasteiger partial charge in [-0.25, -0.2) is 0 Å². The molecule has 1 heterocycles. The number of hydrogen-bond acceptors (Lipinski definition) is 6. The number of Topliss-reactive ketones (excluding diaryl/α,β-unsaturated/α-hetero) is 1. The minimum Gasteiger partial charge on any atom is -0.496 e. The van der Waals surface area contributed by atoms with Gasteiger partial charge in [0.1, 0.15) is 5.75 Å². The van der Waals surface area contributed by atoms with Crippen LogP contribution in [0.5, 0.6) is 5.75 Å². The Morgan fingerprint density at radius 1 is 1.19 bits per heavy atom. The largest absolute Gasteiger partial charge is 0.496 e. The number of hydrogen-bond donors (Lipinski definition) is 3. The van der Waals surface area contributed by atoms with Crippen LogP contribution in [0.3, 0.4) is 0 Å². The quantitative estimate of drug-likeness (QED) is 0.520. The summed E-state index contributed by atoms with van der Waals surface area (Å²) in [5.74, 6) is 0.215. The molecule has 0 saturated carbocycles. The maximum atomic E-state index is 12.8. The predicted octanol–water partition coefficient (Wildman–Crippen LogP) is 1.06. The van der Waals surface area contributed by atoms with E-state index < -0.39 is 12.7 Å². The molecule has 0 aromatic heterocycles. The van der Waals surface area contributed by atoms with Gasteiger partial charge in [0.15, 0.2) is 5.78 Å². The summed E-state index contributed by atoms with van der Waals surface area (Å²) < 4.78 is 10.8. The van der Waals surface area contributed by atoms with E-state index in [0.717, 1.165) is 11.1 Å². The molecular weight excluding hydrogens is 347 g/mol. The normalized spacial score (nSPS) is 15.0. The standard InChI is InChI=1S/C20H23BO6/c1-20(2)16-5-4-12(6-17(16)21(25)27-20)7-18(24)13-8-14(10-22)15(11-23)19(9-13)26-3/h4-6,8-9,22-23,25H,7,10-11H2,1-3H3. The van der Waals surface area contributed by atoms with Crippen LogP contribution in [-0.2, 0) is 29.9 Å². The Labute approximate surface area is 158 Å². The number of carbonyl (C=O) groups excluding carboxylic acids is 1. The van der Waals surface area contributed by atoms with Crippen molar-refractivity contribution >= 4 is 18.4 Å². The van der Waals surface area contributed by atoms with Crippen LogP contribution in [0.2, 0.25) is 0 Å². The first-order chi connectivity index (χ1) is 12.8. The molecule has 0 saturated heterocycles. The Morgan fingerprint density at radius 3 is 2.56 bits per heavy atom. The smallest absolute Gasteiger partial charge is 0.492 e. The summed E-state index contributed by atoms with van der Waals surface area (Å²) in [5, 5.41) is 29.1. The number of carbonyl (C=O) groups is 1. The number of methoxy groups -OCH3 is 1. The molecule has 0 radical (unpaired) electrons. The highest BCUT2D eigenvalue weighted by atomic mass is 16.5. The van der Waals surface area contributed by atoms with Gasteiger partial charge in [0.05, 0.1) is 25.9 Å². The monoisotopic (exact) mass is 370 g/mol. The zero-order chi connectivity index (χ0) is 19.8. The third-order valence-corrected chi connectivity index (χ3v) is 4.97. The van der Waals surface area contributed by atoms with Crippen molar-refractivity contribution < 1.29 is 29.4 Å². The maximum Gasteiger partial charge on any atom is 0.492 e. The van der Waals surface area contributed by atoms with Crippen LogP contribution in [0.25, 0.3) is 0 Å². The lowest BCUT2D eigenvalue weighted by Crippen LogP contribution is -2.29. The average molecular weight is 370 g/mol. The third kappa shape index (κ3) is 3.64. The summed E-state index contributed by atoms with van der Waals surface area (Å²) in [7, 11) is 0.447. The molecule has 7 heteroatoms. The van der Waals surface area contributed by atoms with Crippen LogP contribution in [0.15, 0.2) is 30.3 Å². The van der Waals surface area contributed by atoms with E-state index in [4.69, 9.17) is 9.39 Å². The second-order valence-electron chi connectivity index (χ2n) is 7.13. The Morgan fingerprint density at radius 2 is 1.93 bits per heavy atom. The van der Waals surface area contributed by atoms with Gasteiger partial charge in [0.25, 0.3) is 0 Å². The molecule has 1 aliphatic heterocycles. The van der Waals surface area contributed by atoms with Crippen molar-refractivity contribution in [2.45, 2.75) is 39.1 Å². The van der Waals surface area contributed by atoms with E-state index in [2.05, 4.69) is 0 Å². The molecule has 0 spiro atoms. The number of ether oxygens (including phenoxy) is 1. The van der Waals surface area contributed by atoms with Crippen molar-refractivity contribution in [1.29, 1.82) is 0 Å². The minimum absolute atomic E-state index is 0.132. The Kier molecular flexibility index (Phi) is 5.39. The molecule has 0 fully saturated rings. The average Bonchev–Trinajstić information content (AvgIpc) is 2.88. The van der Waals surface area contributed by atoms with Crippen LogP contribution < -0.4 is 10.2 Å². The summed E-state index contributed by atoms with van der Waals surface area (Å²) in [6.07, 6.45) is 0.132. The molecule has 0 aliphatic carbocycles. The maximum absolute atomic E-state index is 12.8. The molecule has 2 aromatic rings. The van der Waals surface area contributed by atoms with E-state index in [0.29, 0.717) is 27.9 Å². The molecule has 142 valence electrons. The predicted molar refractivity (Wildman–Crippen MR) is 101 cm³/mol. The zero-order valence-electron chi connectivity index (χ0n) is 15.7. The van der Waals surface area contributed by atoms with Gasteiger partial charge >= 0.3 is 7.12 Å². The van der Waals surface area contributed by atoms with Crippen molar-refractivity contribution in [3.05, 3.63) is 58.1 Å². The number of ketones is 1. The van der Waals surface area contributed by atoms with Gasteiger partial charge in [-0.15, -0.1) is 0 Å². The fourth-order valence-electron chi connectivity index (χ4n) is 3.53. The van der Waals surface area contributed by atoms with Gasteiger partial charge in [0.2, 0.25) is 0 Å². The van der Waals surface area contributed by atoms with E-state index in [-0.39, 0.29) is 25.4 Å². The van der Waals surface area contributed by atoms with Gasteiger partial charge in [-0.05, 0) is 48.1 Å². The second kappa shape index (κ2) is 7.44. The van der Waals surface area contributed by atoms with Gasteiger partial charge in [0, 0.05) is 17.5 Å². The van der Waals surface area contributed by atoms with Gasteiger partial charge in [-0.1, -0.05) is 18.2 Å². The van der Waals surface area contributed by atoms with Crippen molar-refractivity contribution in [3.63, 3.8) is 0 Å². The van der Waals surface area contributed by atoms with E-state index in [1.54, 1.807) is 18.2 Å². The van der Waals surface area contributed by atoms with Crippen molar-refractivity contribution in [1.82, 2.24) is 0 Å². The highest BCUT2D eigenvalue weighted by molar-refractivity contribution is 6.62. The first-order valence-electron chi connectivity index (χ1n) is 8.74. The molecule has 6 nitrogen and oxygen atoms in total. The second-order valence-corrected chi connectivity index (χ2v) is 7.13. The summed E-state index contributed by atoms with van der Waals surface area (Å²) in [5.41, 5.74) is 3.09. The zero-order valence-corrected chi connectivity index (χ0v) is 15.7. The molecular formula is C20H23BO6. The third-order valence-electron chi connectivity index (χ3n) is 4.97. The number of fused-ring (bicyclic) bond motifs is 1. The lowest BCUT2D eigenvalue weighted by atomic mass is 9.77. The number of benzene rings is 2. The molecule has 2 aromatic carbocycles. The van der Waals surface area contributed by atoms with E-state index >= 15 is 0 Å². The molecule has 0 bridgehead atoms. The highest BCUT2D eigenvalue weighted by Gasteiger charge is 2.40. The molecule has 0 atom stereocenters. The van der Waals surface area contributed by atoms with Crippen molar-refractivity contribution in [3.8, 4) is 5.75 Å². The minimum atomic E-state index is -1.00. The van der Waals surface area contributed by atoms with Crippen molar-refractivity contribution in [2.75, 3.05) is 7.11 Å². The summed E-state index contributed by atoms with van der Waals surface area (Å²) >= 11 is 0. The van der Waals surface area contributed by atoms with Crippen LogP contribution in [0.1, 0.15) is 46.5 Å². The fraction of sp³-hybridized carbons (Fsp3) is 0.350. The van der Waals surface area contributed by atoms with Crippen LogP contribution in [-0.4, -0.2) is 35.2 Å². The Bertz CT molecular complexity index is 852. The van der Waals surface area contributed by atoms with E-state index in [1.165, 1.54) is 7.11 Å². The van der Waals surface area contributed by atoms with E-state index in [1.807, 2.05) is 26.0 Å². The van der Waals surface area contributed by atoms with Gasteiger partial charge < -0.3 is 24.6 Å². The first kappa shape index (κ1) is 19.6. The Balaban J connectivity index is 1.90. The topological polar surface area (TPSA) is 96.2 Å². The van der Waals surface area contributed by atoms with Crippen LogP contribution in [0.4, 0.5) is 0 Å². The molecule has 3 N–H and O–H groups in total. The molecule has 27 heavy (non-hydrogen) atoms. The van der Waals surface area contributed by atoms with Gasteiger partial charge in [-0.2, -0.15) is 0 Å². The van der Waals surface area contributed by atoms with Crippen molar-refractivity contribution in [2.24, 2.45) is 0 Å². The SMILES string of the molecule is COc1cc(C(=O)Cc2ccc3c(c2)B(O)OC3(C)C)cc(CO)c1CO. The highest BCUT2D eigenvalue weighted by Crippen LogP contribution is 2.30. The number of rotatable bonds is 6. The van der Waals surface area contributed by atoms with Crippen LogP contribution >= 0.6 is 0 Å². The number of aliphatic hydroxyl groups is 2. The summed E-state index contributed by atoms with van der Waals surface area (Å²) in [6, 6.07) is 8.67. The first-order valence-corrected chi connectivity index (χ1v) is 8.74. The van der Waals surface area contributed by atoms with E-state index in [9.17, 15) is 20.0 Å². The van der Waals surface area contributed by atoms with Gasteiger partial charge in [-0.3, -0.25) is 4.79 Å². The lowest BCUT2D eigenvalue weighted by Gasteiger charge is -2.19. The molecule has 1 aliphatic rings. The Hall–Kier alpha value is -2.19. The summed E-state index contributed by atoms with van der Waals surface area (Å²) in [4.78, 5) is 12.8. The fourth-order valence-corrected chi connectivity index (χ4v) is 3.53. The molecule has 0 amide bonds. The van der Waals surface area contributed by atoms with Crippen LogP contribution in [0, 0.1) is 0 Å². The summed E-state index contributed by atoms with van der Waals surface area (Å²) in [6.45, 7) is 3.19. The lowest BCUT2D eigenvalue weighted by molar-refractivity contribution is 0.0990. The molecule has 3 rings (SSSR count). The number of aliphatic hydroxyl groups excluding tert-OH is 2.